The van der Waals surface area contributed by atoms with Crippen molar-refractivity contribution in [2.45, 2.75) is 0 Å². The van der Waals surface area contributed by atoms with E-state index in [2.05, 4.69) is 15.3 Å². The smallest absolute Gasteiger partial charge is 0.279 e. The molecule has 6 nitrogen and oxygen atoms in total. The molecule has 0 fully saturated rings. The van der Waals surface area contributed by atoms with Crippen LogP contribution in [0, 0.1) is 0 Å². The van der Waals surface area contributed by atoms with Crippen molar-refractivity contribution < 1.29 is 4.79 Å². The van der Waals surface area contributed by atoms with E-state index in [0.717, 1.165) is 21.9 Å². The summed E-state index contributed by atoms with van der Waals surface area (Å²) in [6.07, 6.45) is 1.66. The van der Waals surface area contributed by atoms with Crippen molar-refractivity contribution >= 4 is 34.8 Å². The van der Waals surface area contributed by atoms with Crippen LogP contribution in [0.25, 0.3) is 5.69 Å². The fourth-order valence-corrected chi connectivity index (χ4v) is 2.98. The average Bonchev–Trinajstić information content (AvgIpc) is 3.18. The molecule has 2 N–H and O–H groups in total. The molecule has 0 saturated heterocycles. The van der Waals surface area contributed by atoms with Crippen LogP contribution in [0.3, 0.4) is 0 Å². The van der Waals surface area contributed by atoms with Gasteiger partial charge in [0.15, 0.2) is 0 Å². The predicted molar refractivity (Wildman–Crippen MR) is 87.4 cm³/mol. The van der Waals surface area contributed by atoms with Crippen molar-refractivity contribution in [3.05, 3.63) is 62.5 Å². The van der Waals surface area contributed by atoms with E-state index in [-0.39, 0.29) is 5.01 Å². The van der Waals surface area contributed by atoms with Gasteiger partial charge in [-0.15, -0.1) is 21.5 Å². The van der Waals surface area contributed by atoms with Crippen LogP contribution in [-0.2, 0) is 0 Å². The zero-order chi connectivity index (χ0) is 15.4. The first-order valence-corrected chi connectivity index (χ1v) is 7.99. The maximum atomic E-state index is 11.3. The maximum Gasteiger partial charge on any atom is 0.279 e. The summed E-state index contributed by atoms with van der Waals surface area (Å²) < 4.78 is 1.55. The van der Waals surface area contributed by atoms with Crippen molar-refractivity contribution in [1.82, 2.24) is 9.78 Å². The van der Waals surface area contributed by atoms with E-state index < -0.39 is 5.91 Å². The zero-order valence-corrected chi connectivity index (χ0v) is 12.9. The lowest BCUT2D eigenvalue weighted by Gasteiger charge is -1.98. The standard InChI is InChI=1S/C14H11N5OS2/c15-12(20)13-18-19(10-5-2-1-3-6-10)14(22-13)17-16-9-11-7-4-8-21-11/h1-9H,(H2,15,20)/b16-9+,17-14-. The summed E-state index contributed by atoms with van der Waals surface area (Å²) in [5.41, 5.74) is 6.09. The van der Waals surface area contributed by atoms with Crippen LogP contribution in [0.5, 0.6) is 0 Å². The predicted octanol–water partition coefficient (Wildman–Crippen LogP) is 2.03. The molecule has 1 aromatic carbocycles. The van der Waals surface area contributed by atoms with Crippen LogP contribution in [0.1, 0.15) is 14.7 Å². The number of nitrogens with two attached hydrogens (primary N) is 1. The highest BCUT2D eigenvalue weighted by atomic mass is 32.1. The highest BCUT2D eigenvalue weighted by Crippen LogP contribution is 2.07. The number of aromatic nitrogens is 2. The molecular formula is C14H11N5OS2. The molecule has 3 rings (SSSR count). The van der Waals surface area contributed by atoms with Crippen LogP contribution in [0.2, 0.25) is 0 Å². The molecule has 0 aliphatic heterocycles. The number of hydrogen-bond acceptors (Lipinski definition) is 6. The maximum absolute atomic E-state index is 11.3. The summed E-state index contributed by atoms with van der Waals surface area (Å²) >= 11 is 2.67. The Morgan fingerprint density at radius 3 is 2.73 bits per heavy atom. The first kappa shape index (κ1) is 14.4. The van der Waals surface area contributed by atoms with Gasteiger partial charge in [-0.05, 0) is 23.6 Å². The summed E-state index contributed by atoms with van der Waals surface area (Å²) in [6, 6.07) is 13.3. The molecule has 22 heavy (non-hydrogen) atoms. The molecule has 0 radical (unpaired) electrons. The van der Waals surface area contributed by atoms with Crippen LogP contribution in [0.15, 0.2) is 58.0 Å². The molecule has 2 aromatic heterocycles. The van der Waals surface area contributed by atoms with Gasteiger partial charge in [0.25, 0.3) is 5.91 Å². The molecule has 0 unspecified atom stereocenters. The van der Waals surface area contributed by atoms with Crippen molar-refractivity contribution in [2.75, 3.05) is 0 Å². The number of carbonyl (C=O) groups excluding carboxylic acids is 1. The van der Waals surface area contributed by atoms with Crippen LogP contribution >= 0.6 is 22.7 Å². The number of rotatable bonds is 4. The van der Waals surface area contributed by atoms with E-state index in [4.69, 9.17) is 5.73 Å². The van der Waals surface area contributed by atoms with Crippen molar-refractivity contribution in [3.63, 3.8) is 0 Å². The van der Waals surface area contributed by atoms with Gasteiger partial charge in [0.2, 0.25) is 9.81 Å². The minimum Gasteiger partial charge on any atom is -0.363 e. The second kappa shape index (κ2) is 6.46. The molecule has 3 aromatic rings. The lowest BCUT2D eigenvalue weighted by Crippen LogP contribution is -2.14. The summed E-state index contributed by atoms with van der Waals surface area (Å²) in [6.45, 7) is 0. The van der Waals surface area contributed by atoms with E-state index in [1.54, 1.807) is 22.2 Å². The van der Waals surface area contributed by atoms with Gasteiger partial charge in [0.1, 0.15) is 0 Å². The number of benzene rings is 1. The Kier molecular flexibility index (Phi) is 4.22. The fourth-order valence-electron chi connectivity index (χ4n) is 1.68. The van der Waals surface area contributed by atoms with Gasteiger partial charge in [-0.2, -0.15) is 5.10 Å². The molecule has 2 heterocycles. The van der Waals surface area contributed by atoms with E-state index in [0.29, 0.717) is 4.80 Å². The first-order chi connectivity index (χ1) is 10.7. The minimum atomic E-state index is -0.585. The fraction of sp³-hybridized carbons (Fsp3) is 0. The average molecular weight is 329 g/mol. The Bertz CT molecular complexity index is 862. The molecule has 1 amide bonds. The molecule has 0 saturated carbocycles. The van der Waals surface area contributed by atoms with E-state index >= 15 is 0 Å². The number of para-hydroxylation sites is 1. The van der Waals surface area contributed by atoms with Crippen LogP contribution in [0.4, 0.5) is 0 Å². The third kappa shape index (κ3) is 3.18. The highest BCUT2D eigenvalue weighted by molar-refractivity contribution is 7.11. The van der Waals surface area contributed by atoms with Gasteiger partial charge in [-0.25, -0.2) is 4.68 Å². The molecule has 110 valence electrons. The van der Waals surface area contributed by atoms with Gasteiger partial charge in [-0.3, -0.25) is 4.79 Å². The molecule has 0 bridgehead atoms. The van der Waals surface area contributed by atoms with Gasteiger partial charge in [0, 0.05) is 4.88 Å². The zero-order valence-electron chi connectivity index (χ0n) is 11.3. The van der Waals surface area contributed by atoms with Crippen LogP contribution < -0.4 is 10.5 Å². The minimum absolute atomic E-state index is 0.189. The largest absolute Gasteiger partial charge is 0.363 e. The summed E-state index contributed by atoms with van der Waals surface area (Å²) in [4.78, 5) is 12.8. The highest BCUT2D eigenvalue weighted by Gasteiger charge is 2.10. The third-order valence-corrected chi connectivity index (χ3v) is 4.36. The molecule has 0 spiro atoms. The van der Waals surface area contributed by atoms with Crippen molar-refractivity contribution in [1.29, 1.82) is 0 Å². The molecule has 8 heteroatoms. The molecule has 0 atom stereocenters. The van der Waals surface area contributed by atoms with Gasteiger partial charge in [0.05, 0.1) is 11.9 Å². The van der Waals surface area contributed by atoms with Gasteiger partial charge >= 0.3 is 0 Å². The second-order valence-corrected chi connectivity index (χ2v) is 6.10. The summed E-state index contributed by atoms with van der Waals surface area (Å²) in [7, 11) is 0. The third-order valence-electron chi connectivity index (χ3n) is 2.64. The van der Waals surface area contributed by atoms with Crippen molar-refractivity contribution in [2.24, 2.45) is 15.9 Å². The van der Waals surface area contributed by atoms with E-state index in [1.807, 2.05) is 47.8 Å². The van der Waals surface area contributed by atoms with Gasteiger partial charge < -0.3 is 5.73 Å². The SMILES string of the molecule is NC(=O)c1nn(-c2ccccc2)/c(=N/N=C/c2cccs2)s1. The number of nitrogens with zero attached hydrogens (tertiary/aromatic N) is 4. The van der Waals surface area contributed by atoms with E-state index in [1.165, 1.54) is 0 Å². The first-order valence-electron chi connectivity index (χ1n) is 6.30. The van der Waals surface area contributed by atoms with Crippen LogP contribution in [-0.4, -0.2) is 21.9 Å². The Hall–Kier alpha value is -2.58. The van der Waals surface area contributed by atoms with Gasteiger partial charge in [-0.1, -0.05) is 35.6 Å². The molecule has 0 aliphatic carbocycles. The Labute approximate surface area is 133 Å². The number of hydrogen-bond donors (Lipinski definition) is 1. The Morgan fingerprint density at radius 1 is 1.23 bits per heavy atom. The lowest BCUT2D eigenvalue weighted by atomic mass is 10.3. The molecular weight excluding hydrogens is 318 g/mol. The summed E-state index contributed by atoms with van der Waals surface area (Å²) in [5, 5.41) is 14.5. The summed E-state index contributed by atoms with van der Waals surface area (Å²) in [5.74, 6) is -0.585. The topological polar surface area (TPSA) is 85.6 Å². The van der Waals surface area contributed by atoms with Crippen molar-refractivity contribution in [3.8, 4) is 5.69 Å². The Balaban J connectivity index is 2.04. The number of primary amides is 1. The Morgan fingerprint density at radius 2 is 2.05 bits per heavy atom. The number of amides is 1. The second-order valence-electron chi connectivity index (χ2n) is 4.16. The van der Waals surface area contributed by atoms with E-state index in [9.17, 15) is 4.79 Å². The number of carbonyl (C=O) groups is 1. The normalized spacial score (nSPS) is 12.1. The molecule has 0 aliphatic rings. The lowest BCUT2D eigenvalue weighted by molar-refractivity contribution is 0.0999. The quantitative estimate of drug-likeness (QED) is 0.586. The monoisotopic (exact) mass is 329 g/mol. The number of thiophene rings is 1.